The molecule has 1 atom stereocenters. The van der Waals surface area contributed by atoms with Crippen LogP contribution in [-0.4, -0.2) is 11.5 Å². The summed E-state index contributed by atoms with van der Waals surface area (Å²) in [6, 6.07) is 7.89. The third-order valence-corrected chi connectivity index (χ3v) is 2.07. The number of nitrogens with two attached hydrogens (primary N) is 1. The molecule has 3 nitrogen and oxygen atoms in total. The van der Waals surface area contributed by atoms with Crippen LogP contribution in [0.1, 0.15) is 26.3 Å². The van der Waals surface area contributed by atoms with E-state index >= 15 is 0 Å². The van der Waals surface area contributed by atoms with Crippen LogP contribution < -0.4 is 11.1 Å². The quantitative estimate of drug-likeness (QED) is 0.627. The van der Waals surface area contributed by atoms with Gasteiger partial charge in [0.05, 0.1) is 0 Å². The molecule has 0 aliphatic rings. The summed E-state index contributed by atoms with van der Waals surface area (Å²) in [5.41, 5.74) is 7.43. The number of benzene rings is 1. The fraction of sp³-hybridized carbons (Fsp3) is 0.455. The minimum atomic E-state index is -1.00. The highest BCUT2D eigenvalue weighted by Gasteiger charge is 2.12. The third-order valence-electron chi connectivity index (χ3n) is 2.07. The van der Waals surface area contributed by atoms with E-state index in [-0.39, 0.29) is 5.41 Å². The molecule has 1 aromatic carbocycles. The third kappa shape index (κ3) is 3.01. The molecule has 0 aliphatic heterocycles. The molecule has 3 heteroatoms. The Morgan fingerprint density at radius 2 is 1.71 bits per heavy atom. The molecule has 1 rings (SSSR count). The van der Waals surface area contributed by atoms with Crippen molar-refractivity contribution < 1.29 is 5.11 Å². The van der Waals surface area contributed by atoms with Gasteiger partial charge in [-0.15, -0.1) is 0 Å². The number of aliphatic hydroxyl groups excluding tert-OH is 1. The van der Waals surface area contributed by atoms with E-state index in [2.05, 4.69) is 26.1 Å². The second-order valence-corrected chi connectivity index (χ2v) is 4.42. The first-order chi connectivity index (χ1) is 6.39. The highest BCUT2D eigenvalue weighted by atomic mass is 16.3. The first-order valence-corrected chi connectivity index (χ1v) is 4.70. The van der Waals surface area contributed by atoms with Gasteiger partial charge in [-0.1, -0.05) is 32.9 Å². The molecule has 4 N–H and O–H groups in total. The lowest BCUT2D eigenvalue weighted by molar-refractivity contribution is 0.212. The average Bonchev–Trinajstić information content (AvgIpc) is 2.02. The summed E-state index contributed by atoms with van der Waals surface area (Å²) in [5, 5.41) is 11.6. The summed E-state index contributed by atoms with van der Waals surface area (Å²) in [7, 11) is 0. The Balaban J connectivity index is 2.79. The van der Waals surface area contributed by atoms with Crippen molar-refractivity contribution in [3.05, 3.63) is 29.8 Å². The van der Waals surface area contributed by atoms with Crippen molar-refractivity contribution >= 4 is 5.69 Å². The van der Waals surface area contributed by atoms with Crippen molar-refractivity contribution in [1.82, 2.24) is 0 Å². The Morgan fingerprint density at radius 1 is 1.21 bits per heavy atom. The molecule has 1 unspecified atom stereocenters. The van der Waals surface area contributed by atoms with E-state index in [0.29, 0.717) is 0 Å². The summed E-state index contributed by atoms with van der Waals surface area (Å²) in [6.45, 7) is 6.48. The predicted molar refractivity (Wildman–Crippen MR) is 59.0 cm³/mol. The molecule has 0 spiro atoms. The average molecular weight is 194 g/mol. The zero-order valence-corrected chi connectivity index (χ0v) is 8.91. The zero-order valence-electron chi connectivity index (χ0n) is 8.91. The standard InChI is InChI=1S/C11H18N2O/c1-11(2,3)8-4-6-9(7-5-8)13-10(12)14/h4-7,10,13-14H,12H2,1-3H3. The number of nitrogens with one attached hydrogen (secondary N) is 1. The number of hydrogen-bond acceptors (Lipinski definition) is 3. The molecule has 1 aromatic rings. The van der Waals surface area contributed by atoms with E-state index in [0.717, 1.165) is 5.69 Å². The smallest absolute Gasteiger partial charge is 0.178 e. The molecule has 0 amide bonds. The minimum Gasteiger partial charge on any atom is -0.361 e. The van der Waals surface area contributed by atoms with Crippen molar-refractivity contribution in [2.45, 2.75) is 32.5 Å². The highest BCUT2D eigenvalue weighted by molar-refractivity contribution is 5.45. The van der Waals surface area contributed by atoms with Crippen LogP contribution in [0, 0.1) is 0 Å². The number of aliphatic hydroxyl groups is 1. The largest absolute Gasteiger partial charge is 0.361 e. The van der Waals surface area contributed by atoms with Crippen LogP contribution in [-0.2, 0) is 5.41 Å². The molecule has 0 saturated carbocycles. The fourth-order valence-corrected chi connectivity index (χ4v) is 1.24. The van der Waals surface area contributed by atoms with Gasteiger partial charge in [-0.25, -0.2) is 0 Å². The first kappa shape index (κ1) is 11.0. The van der Waals surface area contributed by atoms with Crippen LogP contribution in [0.25, 0.3) is 0 Å². The van der Waals surface area contributed by atoms with Crippen LogP contribution in [0.2, 0.25) is 0 Å². The summed E-state index contributed by atoms with van der Waals surface area (Å²) in [6.07, 6.45) is -1.00. The maximum Gasteiger partial charge on any atom is 0.178 e. The summed E-state index contributed by atoms with van der Waals surface area (Å²) in [5.74, 6) is 0. The number of anilines is 1. The summed E-state index contributed by atoms with van der Waals surface area (Å²) in [4.78, 5) is 0. The molecule has 0 aromatic heterocycles. The maximum atomic E-state index is 8.90. The van der Waals surface area contributed by atoms with Crippen molar-refractivity contribution in [2.24, 2.45) is 5.73 Å². The summed E-state index contributed by atoms with van der Waals surface area (Å²) < 4.78 is 0. The van der Waals surface area contributed by atoms with Gasteiger partial charge in [-0.05, 0) is 23.1 Å². The SMILES string of the molecule is CC(C)(C)c1ccc(NC(N)O)cc1. The topological polar surface area (TPSA) is 58.3 Å². The van der Waals surface area contributed by atoms with Crippen LogP contribution in [0.3, 0.4) is 0 Å². The van der Waals surface area contributed by atoms with Gasteiger partial charge in [-0.2, -0.15) is 0 Å². The van der Waals surface area contributed by atoms with E-state index in [9.17, 15) is 0 Å². The van der Waals surface area contributed by atoms with Gasteiger partial charge < -0.3 is 10.4 Å². The lowest BCUT2D eigenvalue weighted by atomic mass is 9.87. The summed E-state index contributed by atoms with van der Waals surface area (Å²) >= 11 is 0. The zero-order chi connectivity index (χ0) is 10.8. The molecule has 0 saturated heterocycles. The second kappa shape index (κ2) is 3.98. The molecule has 0 radical (unpaired) electrons. The lowest BCUT2D eigenvalue weighted by Gasteiger charge is -2.19. The second-order valence-electron chi connectivity index (χ2n) is 4.42. The molecular formula is C11H18N2O. The Labute approximate surface area is 84.9 Å². The minimum absolute atomic E-state index is 0.153. The lowest BCUT2D eigenvalue weighted by Crippen LogP contribution is -2.28. The normalized spacial score (nSPS) is 13.8. The number of hydrogen-bond donors (Lipinski definition) is 3. The van der Waals surface area contributed by atoms with Gasteiger partial charge in [0.1, 0.15) is 0 Å². The van der Waals surface area contributed by atoms with Gasteiger partial charge >= 0.3 is 0 Å². The van der Waals surface area contributed by atoms with Gasteiger partial charge in [0.2, 0.25) is 0 Å². The van der Waals surface area contributed by atoms with E-state index in [1.54, 1.807) is 0 Å². The van der Waals surface area contributed by atoms with Gasteiger partial charge in [-0.3, -0.25) is 5.73 Å². The Kier molecular flexibility index (Phi) is 3.13. The van der Waals surface area contributed by atoms with Crippen molar-refractivity contribution in [1.29, 1.82) is 0 Å². The Morgan fingerprint density at radius 3 is 2.07 bits per heavy atom. The molecule has 0 heterocycles. The molecular weight excluding hydrogens is 176 g/mol. The molecule has 0 aliphatic carbocycles. The Hall–Kier alpha value is -1.06. The van der Waals surface area contributed by atoms with Crippen LogP contribution in [0.5, 0.6) is 0 Å². The Bertz CT molecular complexity index is 285. The van der Waals surface area contributed by atoms with Crippen LogP contribution in [0.4, 0.5) is 5.69 Å². The molecule has 0 fully saturated rings. The van der Waals surface area contributed by atoms with Gasteiger partial charge in [0, 0.05) is 5.69 Å². The monoisotopic (exact) mass is 194 g/mol. The van der Waals surface area contributed by atoms with E-state index < -0.39 is 6.35 Å². The molecule has 78 valence electrons. The van der Waals surface area contributed by atoms with Crippen molar-refractivity contribution in [2.75, 3.05) is 5.32 Å². The van der Waals surface area contributed by atoms with E-state index in [1.165, 1.54) is 5.56 Å². The number of rotatable bonds is 2. The highest BCUT2D eigenvalue weighted by Crippen LogP contribution is 2.23. The van der Waals surface area contributed by atoms with Crippen LogP contribution >= 0.6 is 0 Å². The van der Waals surface area contributed by atoms with E-state index in [4.69, 9.17) is 10.8 Å². The van der Waals surface area contributed by atoms with E-state index in [1.807, 2.05) is 24.3 Å². The van der Waals surface area contributed by atoms with Crippen molar-refractivity contribution in [3.8, 4) is 0 Å². The van der Waals surface area contributed by atoms with Crippen molar-refractivity contribution in [3.63, 3.8) is 0 Å². The maximum absolute atomic E-state index is 8.90. The fourth-order valence-electron chi connectivity index (χ4n) is 1.24. The molecule has 14 heavy (non-hydrogen) atoms. The van der Waals surface area contributed by atoms with Gasteiger partial charge in [0.25, 0.3) is 0 Å². The molecule has 0 bridgehead atoms. The first-order valence-electron chi connectivity index (χ1n) is 4.70. The van der Waals surface area contributed by atoms with Gasteiger partial charge in [0.15, 0.2) is 6.35 Å². The predicted octanol–water partition coefficient (Wildman–Crippen LogP) is 1.63. The van der Waals surface area contributed by atoms with Crippen LogP contribution in [0.15, 0.2) is 24.3 Å².